The summed E-state index contributed by atoms with van der Waals surface area (Å²) in [6.07, 6.45) is 6.88. The van der Waals surface area contributed by atoms with E-state index >= 15 is 0 Å². The van der Waals surface area contributed by atoms with Crippen molar-refractivity contribution in [1.82, 2.24) is 10.2 Å². The molecule has 4 fully saturated rings. The molecule has 0 saturated heterocycles. The molecule has 2 unspecified atom stereocenters. The van der Waals surface area contributed by atoms with E-state index in [9.17, 15) is 4.79 Å². The van der Waals surface area contributed by atoms with Crippen LogP contribution in [0, 0.1) is 17.3 Å². The smallest absolute Gasteiger partial charge is 0.226 e. The number of methoxy groups -OCH3 is 1. The second kappa shape index (κ2) is 8.22. The first-order chi connectivity index (χ1) is 15.4. The van der Waals surface area contributed by atoms with E-state index in [0.29, 0.717) is 18.4 Å². The summed E-state index contributed by atoms with van der Waals surface area (Å²) in [5.74, 6) is 2.53. The molecule has 2 aromatic carbocycles. The van der Waals surface area contributed by atoms with Gasteiger partial charge in [0.1, 0.15) is 5.75 Å². The van der Waals surface area contributed by atoms with Gasteiger partial charge < -0.3 is 15.0 Å². The highest BCUT2D eigenvalue weighted by Crippen LogP contribution is 2.65. The quantitative estimate of drug-likeness (QED) is 0.676. The number of hydrogen-bond acceptors (Lipinski definition) is 3. The fraction of sp³-hybridized carbons (Fsp3) is 0.536. The number of hydrogen-bond donors (Lipinski definition) is 1. The molecule has 1 N–H and O–H groups in total. The molecule has 0 aromatic heterocycles. The van der Waals surface area contributed by atoms with Gasteiger partial charge in [0.2, 0.25) is 5.91 Å². The third-order valence-corrected chi connectivity index (χ3v) is 8.29. The Kier molecular flexibility index (Phi) is 5.53. The van der Waals surface area contributed by atoms with Gasteiger partial charge in [-0.1, -0.05) is 36.4 Å². The van der Waals surface area contributed by atoms with Gasteiger partial charge in [-0.25, -0.2) is 0 Å². The minimum absolute atomic E-state index is 0.149. The third-order valence-electron chi connectivity index (χ3n) is 8.29. The van der Waals surface area contributed by atoms with Gasteiger partial charge in [0, 0.05) is 13.1 Å². The Morgan fingerprint density at radius 1 is 1.00 bits per heavy atom. The van der Waals surface area contributed by atoms with E-state index in [1.54, 1.807) is 7.11 Å². The van der Waals surface area contributed by atoms with Gasteiger partial charge >= 0.3 is 0 Å². The first kappa shape index (κ1) is 21.5. The standard InChI is InChI=1S/C28H36N2O2/c1-30(2)18-23-7-5-4-6-22(23)17-29-26(31)28-15-20-12-21(16-28)14-27(13-20,19-28)24-8-10-25(32-3)11-9-24/h4-11,20-21H,12-19H2,1-3H3,(H,29,31). The monoisotopic (exact) mass is 432 g/mol. The molecule has 170 valence electrons. The van der Waals surface area contributed by atoms with E-state index in [4.69, 9.17) is 4.74 Å². The fourth-order valence-electron chi connectivity index (χ4n) is 7.40. The van der Waals surface area contributed by atoms with Crippen LogP contribution in [-0.2, 0) is 23.3 Å². The molecule has 4 nitrogen and oxygen atoms in total. The van der Waals surface area contributed by atoms with Crippen LogP contribution in [-0.4, -0.2) is 32.0 Å². The van der Waals surface area contributed by atoms with Crippen molar-refractivity contribution in [2.24, 2.45) is 17.3 Å². The van der Waals surface area contributed by atoms with Gasteiger partial charge in [-0.3, -0.25) is 4.79 Å². The molecule has 0 radical (unpaired) electrons. The van der Waals surface area contributed by atoms with Crippen LogP contribution in [0.2, 0.25) is 0 Å². The Hall–Kier alpha value is -2.33. The topological polar surface area (TPSA) is 41.6 Å². The van der Waals surface area contributed by atoms with Crippen LogP contribution in [0.5, 0.6) is 5.75 Å². The lowest BCUT2D eigenvalue weighted by Gasteiger charge is -2.61. The first-order valence-electron chi connectivity index (χ1n) is 12.1. The molecule has 1 amide bonds. The SMILES string of the molecule is COc1ccc(C23CC4CC(CC(C(=O)NCc5ccccc5CN(C)C)(C4)C2)C3)cc1. The van der Waals surface area contributed by atoms with E-state index in [1.807, 2.05) is 0 Å². The maximum atomic E-state index is 13.7. The molecule has 0 spiro atoms. The zero-order valence-electron chi connectivity index (χ0n) is 19.7. The van der Waals surface area contributed by atoms with Crippen LogP contribution < -0.4 is 10.1 Å². The molecule has 4 heteroatoms. The van der Waals surface area contributed by atoms with E-state index in [0.717, 1.165) is 31.6 Å². The van der Waals surface area contributed by atoms with Crippen molar-refractivity contribution >= 4 is 5.91 Å². The molecule has 2 atom stereocenters. The molecule has 4 saturated carbocycles. The first-order valence-corrected chi connectivity index (χ1v) is 12.1. The van der Waals surface area contributed by atoms with E-state index in [-0.39, 0.29) is 16.7 Å². The van der Waals surface area contributed by atoms with Crippen molar-refractivity contribution < 1.29 is 9.53 Å². The van der Waals surface area contributed by atoms with E-state index in [2.05, 4.69) is 72.8 Å². The molecule has 2 aromatic rings. The summed E-state index contributed by atoms with van der Waals surface area (Å²) in [7, 11) is 5.89. The van der Waals surface area contributed by atoms with Gasteiger partial charge in [-0.05, 0) is 98.7 Å². The second-order valence-electron chi connectivity index (χ2n) is 10.9. The van der Waals surface area contributed by atoms with Gasteiger partial charge in [0.05, 0.1) is 12.5 Å². The van der Waals surface area contributed by atoms with E-state index in [1.165, 1.54) is 36.0 Å². The summed E-state index contributed by atoms with van der Waals surface area (Å²) >= 11 is 0. The summed E-state index contributed by atoms with van der Waals surface area (Å²) in [5, 5.41) is 3.38. The maximum Gasteiger partial charge on any atom is 0.226 e. The number of carbonyl (C=O) groups is 1. The minimum Gasteiger partial charge on any atom is -0.497 e. The summed E-state index contributed by atoms with van der Waals surface area (Å²) in [4.78, 5) is 15.9. The van der Waals surface area contributed by atoms with Crippen molar-refractivity contribution in [3.63, 3.8) is 0 Å². The number of rotatable bonds is 7. The van der Waals surface area contributed by atoms with Crippen LogP contribution >= 0.6 is 0 Å². The minimum atomic E-state index is -0.208. The highest BCUT2D eigenvalue weighted by atomic mass is 16.5. The van der Waals surface area contributed by atoms with E-state index < -0.39 is 0 Å². The van der Waals surface area contributed by atoms with Crippen LogP contribution in [0.25, 0.3) is 0 Å². The Balaban J connectivity index is 1.36. The molecule has 32 heavy (non-hydrogen) atoms. The van der Waals surface area contributed by atoms with Crippen LogP contribution in [0.15, 0.2) is 48.5 Å². The fourth-order valence-corrected chi connectivity index (χ4v) is 7.40. The molecule has 0 aliphatic heterocycles. The van der Waals surface area contributed by atoms with Crippen molar-refractivity contribution in [3.05, 3.63) is 65.2 Å². The molecular formula is C28H36N2O2. The lowest BCUT2D eigenvalue weighted by molar-refractivity contribution is -0.149. The van der Waals surface area contributed by atoms with Crippen molar-refractivity contribution in [2.75, 3.05) is 21.2 Å². The normalized spacial score (nSPS) is 30.5. The zero-order chi connectivity index (χ0) is 22.3. The van der Waals surface area contributed by atoms with Crippen molar-refractivity contribution in [2.45, 2.75) is 57.0 Å². The second-order valence-corrected chi connectivity index (χ2v) is 10.9. The maximum absolute atomic E-state index is 13.7. The predicted octanol–water partition coefficient (Wildman–Crippen LogP) is 4.91. The molecule has 6 rings (SSSR count). The van der Waals surface area contributed by atoms with Crippen molar-refractivity contribution in [3.8, 4) is 5.75 Å². The third kappa shape index (κ3) is 3.83. The summed E-state index contributed by atoms with van der Waals surface area (Å²) < 4.78 is 5.39. The van der Waals surface area contributed by atoms with Crippen LogP contribution in [0.3, 0.4) is 0 Å². The lowest BCUT2D eigenvalue weighted by Crippen LogP contribution is -2.59. The molecule has 4 aliphatic carbocycles. The van der Waals surface area contributed by atoms with Crippen LogP contribution in [0.1, 0.15) is 55.2 Å². The van der Waals surface area contributed by atoms with Gasteiger partial charge in [-0.15, -0.1) is 0 Å². The average molecular weight is 433 g/mol. The Labute approximate surface area is 192 Å². The Morgan fingerprint density at radius 2 is 1.66 bits per heavy atom. The average Bonchev–Trinajstić information content (AvgIpc) is 2.77. The highest BCUT2D eigenvalue weighted by molar-refractivity contribution is 5.83. The highest BCUT2D eigenvalue weighted by Gasteiger charge is 2.60. The largest absolute Gasteiger partial charge is 0.497 e. The number of amides is 1. The lowest BCUT2D eigenvalue weighted by atomic mass is 9.42. The number of ether oxygens (including phenoxy) is 1. The Bertz CT molecular complexity index is 967. The molecule has 4 bridgehead atoms. The summed E-state index contributed by atoms with van der Waals surface area (Å²) in [5.41, 5.74) is 3.86. The molecular weight excluding hydrogens is 396 g/mol. The van der Waals surface area contributed by atoms with Crippen LogP contribution in [0.4, 0.5) is 0 Å². The number of nitrogens with zero attached hydrogens (tertiary/aromatic N) is 1. The number of benzene rings is 2. The number of carbonyl (C=O) groups excluding carboxylic acids is 1. The zero-order valence-corrected chi connectivity index (χ0v) is 19.7. The van der Waals surface area contributed by atoms with Gasteiger partial charge in [0.25, 0.3) is 0 Å². The summed E-state index contributed by atoms with van der Waals surface area (Å²) in [6, 6.07) is 17.1. The predicted molar refractivity (Wildman–Crippen MR) is 127 cm³/mol. The van der Waals surface area contributed by atoms with Gasteiger partial charge in [0.15, 0.2) is 0 Å². The summed E-state index contributed by atoms with van der Waals surface area (Å²) in [6.45, 7) is 1.51. The number of nitrogens with one attached hydrogen (secondary N) is 1. The molecule has 4 aliphatic rings. The van der Waals surface area contributed by atoms with Crippen molar-refractivity contribution in [1.29, 1.82) is 0 Å². The Morgan fingerprint density at radius 3 is 2.28 bits per heavy atom. The molecule has 0 heterocycles. The van der Waals surface area contributed by atoms with Gasteiger partial charge in [-0.2, -0.15) is 0 Å².